The monoisotopic (exact) mass is 458 g/mol. The normalized spacial score (nSPS) is 14.5. The molecule has 34 heavy (non-hydrogen) atoms. The van der Waals surface area contributed by atoms with Crippen LogP contribution in [0.15, 0.2) is 78.9 Å². The van der Waals surface area contributed by atoms with Gasteiger partial charge in [0.1, 0.15) is 6.61 Å². The summed E-state index contributed by atoms with van der Waals surface area (Å²) in [5.74, 6) is 1.80. The van der Waals surface area contributed by atoms with Crippen LogP contribution >= 0.6 is 0 Å². The van der Waals surface area contributed by atoms with Crippen LogP contribution in [-0.4, -0.2) is 37.6 Å². The number of piperidine rings is 1. The number of hydrogen-bond acceptors (Lipinski definition) is 4. The molecule has 0 aromatic heterocycles. The second-order valence-electron chi connectivity index (χ2n) is 8.84. The fraction of sp³-hybridized carbons (Fsp3) is 0.345. The van der Waals surface area contributed by atoms with Crippen molar-refractivity contribution in [1.82, 2.24) is 10.2 Å². The molecule has 1 N–H and O–H groups in total. The number of ether oxygens (including phenoxy) is 2. The molecule has 1 fully saturated rings. The van der Waals surface area contributed by atoms with Crippen molar-refractivity contribution in [3.63, 3.8) is 0 Å². The lowest BCUT2D eigenvalue weighted by Crippen LogP contribution is -2.40. The summed E-state index contributed by atoms with van der Waals surface area (Å²) in [4.78, 5) is 15.0. The number of carbonyl (C=O) groups excluding carboxylic acids is 1. The molecule has 1 amide bonds. The number of hydrogen-bond donors (Lipinski definition) is 1. The van der Waals surface area contributed by atoms with Crippen molar-refractivity contribution in [1.29, 1.82) is 0 Å². The van der Waals surface area contributed by atoms with Gasteiger partial charge < -0.3 is 14.8 Å². The van der Waals surface area contributed by atoms with E-state index in [1.807, 2.05) is 54.6 Å². The summed E-state index contributed by atoms with van der Waals surface area (Å²) >= 11 is 0. The second-order valence-corrected chi connectivity index (χ2v) is 8.84. The van der Waals surface area contributed by atoms with Gasteiger partial charge in [0.15, 0.2) is 11.5 Å². The minimum atomic E-state index is 0.107. The Morgan fingerprint density at radius 1 is 0.882 bits per heavy atom. The molecule has 4 rings (SSSR count). The van der Waals surface area contributed by atoms with Gasteiger partial charge in [-0.05, 0) is 61.2 Å². The highest BCUT2D eigenvalue weighted by Crippen LogP contribution is 2.30. The van der Waals surface area contributed by atoms with E-state index in [1.54, 1.807) is 7.11 Å². The number of rotatable bonds is 10. The SMILES string of the molecule is COc1cc(CN2CCC(C(=O)NCCc3ccccc3)CC2)ccc1OCc1ccccc1. The van der Waals surface area contributed by atoms with Crippen LogP contribution in [0.25, 0.3) is 0 Å². The Morgan fingerprint density at radius 2 is 1.56 bits per heavy atom. The summed E-state index contributed by atoms with van der Waals surface area (Å²) in [6.45, 7) is 3.90. The molecule has 0 spiro atoms. The van der Waals surface area contributed by atoms with Crippen molar-refractivity contribution in [2.45, 2.75) is 32.4 Å². The van der Waals surface area contributed by atoms with Gasteiger partial charge in [-0.15, -0.1) is 0 Å². The Kier molecular flexibility index (Phi) is 8.58. The van der Waals surface area contributed by atoms with Crippen LogP contribution in [0.1, 0.15) is 29.5 Å². The summed E-state index contributed by atoms with van der Waals surface area (Å²) in [6, 6.07) is 26.6. The molecule has 0 radical (unpaired) electrons. The molecule has 5 nitrogen and oxygen atoms in total. The first kappa shape index (κ1) is 23.8. The zero-order chi connectivity index (χ0) is 23.6. The van der Waals surface area contributed by atoms with E-state index in [-0.39, 0.29) is 11.8 Å². The number of benzene rings is 3. The van der Waals surface area contributed by atoms with E-state index < -0.39 is 0 Å². The highest BCUT2D eigenvalue weighted by molar-refractivity contribution is 5.78. The lowest BCUT2D eigenvalue weighted by molar-refractivity contribution is -0.126. The number of likely N-dealkylation sites (tertiary alicyclic amines) is 1. The first-order valence-corrected chi connectivity index (χ1v) is 12.1. The van der Waals surface area contributed by atoms with Crippen molar-refractivity contribution in [3.8, 4) is 11.5 Å². The van der Waals surface area contributed by atoms with Crippen molar-refractivity contribution >= 4 is 5.91 Å². The van der Waals surface area contributed by atoms with Crippen LogP contribution in [0, 0.1) is 5.92 Å². The van der Waals surface area contributed by atoms with Gasteiger partial charge in [0.25, 0.3) is 0 Å². The molecule has 178 valence electrons. The van der Waals surface area contributed by atoms with E-state index >= 15 is 0 Å². The van der Waals surface area contributed by atoms with Crippen molar-refractivity contribution in [3.05, 3.63) is 95.6 Å². The van der Waals surface area contributed by atoms with Crippen molar-refractivity contribution in [2.24, 2.45) is 5.92 Å². The van der Waals surface area contributed by atoms with Gasteiger partial charge in [0.2, 0.25) is 5.91 Å². The van der Waals surface area contributed by atoms with E-state index in [4.69, 9.17) is 9.47 Å². The van der Waals surface area contributed by atoms with E-state index in [0.29, 0.717) is 13.2 Å². The molecular formula is C29H34N2O3. The Bertz CT molecular complexity index is 1030. The first-order valence-electron chi connectivity index (χ1n) is 12.1. The Labute approximate surface area is 202 Å². The first-order chi connectivity index (χ1) is 16.7. The zero-order valence-corrected chi connectivity index (χ0v) is 19.9. The fourth-order valence-electron chi connectivity index (χ4n) is 4.40. The molecule has 1 heterocycles. The third-order valence-corrected chi connectivity index (χ3v) is 6.39. The predicted octanol–water partition coefficient (Wildman–Crippen LogP) is 4.85. The number of nitrogens with one attached hydrogen (secondary N) is 1. The van der Waals surface area contributed by atoms with E-state index in [2.05, 4.69) is 34.5 Å². The van der Waals surface area contributed by atoms with Crippen LogP contribution in [0.5, 0.6) is 11.5 Å². The Balaban J connectivity index is 1.22. The molecule has 0 saturated carbocycles. The predicted molar refractivity (Wildman–Crippen MR) is 135 cm³/mol. The lowest BCUT2D eigenvalue weighted by atomic mass is 9.95. The molecular weight excluding hydrogens is 424 g/mol. The van der Waals surface area contributed by atoms with Gasteiger partial charge in [0, 0.05) is 19.0 Å². The molecule has 0 unspecified atom stereocenters. The van der Waals surface area contributed by atoms with Crippen LogP contribution < -0.4 is 14.8 Å². The number of carbonyl (C=O) groups is 1. The third kappa shape index (κ3) is 6.84. The number of amides is 1. The number of nitrogens with zero attached hydrogens (tertiary/aromatic N) is 1. The maximum Gasteiger partial charge on any atom is 0.223 e. The Morgan fingerprint density at radius 3 is 2.24 bits per heavy atom. The number of methoxy groups -OCH3 is 1. The van der Waals surface area contributed by atoms with Gasteiger partial charge in [-0.1, -0.05) is 66.7 Å². The van der Waals surface area contributed by atoms with Gasteiger partial charge >= 0.3 is 0 Å². The summed E-state index contributed by atoms with van der Waals surface area (Å²) in [7, 11) is 1.68. The molecule has 1 saturated heterocycles. The standard InChI is InChI=1S/C29H34N2O3/c1-33-28-20-25(12-13-27(28)34-22-24-10-6-3-7-11-24)21-31-18-15-26(16-19-31)29(32)30-17-14-23-8-4-2-5-9-23/h2-13,20,26H,14-19,21-22H2,1H3,(H,30,32). The maximum atomic E-state index is 12.6. The summed E-state index contributed by atoms with van der Waals surface area (Å²) < 4.78 is 11.6. The molecule has 3 aromatic carbocycles. The highest BCUT2D eigenvalue weighted by atomic mass is 16.5. The van der Waals surface area contributed by atoms with Gasteiger partial charge in [-0.2, -0.15) is 0 Å². The average molecular weight is 459 g/mol. The Hall–Kier alpha value is -3.31. The van der Waals surface area contributed by atoms with E-state index in [9.17, 15) is 4.79 Å². The van der Waals surface area contributed by atoms with Crippen molar-refractivity contribution < 1.29 is 14.3 Å². The van der Waals surface area contributed by atoms with Crippen LogP contribution in [-0.2, 0) is 24.4 Å². The minimum Gasteiger partial charge on any atom is -0.493 e. The van der Waals surface area contributed by atoms with Crippen molar-refractivity contribution in [2.75, 3.05) is 26.7 Å². The molecule has 0 bridgehead atoms. The molecule has 0 aliphatic carbocycles. The zero-order valence-electron chi connectivity index (χ0n) is 19.9. The molecule has 1 aliphatic rings. The van der Waals surface area contributed by atoms with Gasteiger partial charge in [-0.3, -0.25) is 9.69 Å². The topological polar surface area (TPSA) is 50.8 Å². The fourth-order valence-corrected chi connectivity index (χ4v) is 4.40. The van der Waals surface area contributed by atoms with Crippen LogP contribution in [0.3, 0.4) is 0 Å². The van der Waals surface area contributed by atoms with E-state index in [1.165, 1.54) is 11.1 Å². The minimum absolute atomic E-state index is 0.107. The quantitative estimate of drug-likeness (QED) is 0.472. The van der Waals surface area contributed by atoms with E-state index in [0.717, 1.165) is 56.0 Å². The maximum absolute atomic E-state index is 12.6. The summed E-state index contributed by atoms with van der Waals surface area (Å²) in [5, 5.41) is 3.12. The smallest absolute Gasteiger partial charge is 0.223 e. The van der Waals surface area contributed by atoms with Crippen LogP contribution in [0.4, 0.5) is 0 Å². The average Bonchev–Trinajstić information content (AvgIpc) is 2.89. The third-order valence-electron chi connectivity index (χ3n) is 6.39. The largest absolute Gasteiger partial charge is 0.493 e. The van der Waals surface area contributed by atoms with Gasteiger partial charge in [0.05, 0.1) is 7.11 Å². The van der Waals surface area contributed by atoms with Crippen LogP contribution in [0.2, 0.25) is 0 Å². The van der Waals surface area contributed by atoms with Gasteiger partial charge in [-0.25, -0.2) is 0 Å². The molecule has 5 heteroatoms. The lowest BCUT2D eigenvalue weighted by Gasteiger charge is -2.31. The highest BCUT2D eigenvalue weighted by Gasteiger charge is 2.25. The molecule has 1 aliphatic heterocycles. The second kappa shape index (κ2) is 12.2. The molecule has 0 atom stereocenters. The summed E-state index contributed by atoms with van der Waals surface area (Å²) in [6.07, 6.45) is 2.66. The molecule has 3 aromatic rings. The summed E-state index contributed by atoms with van der Waals surface area (Å²) in [5.41, 5.74) is 3.57.